The average Bonchev–Trinajstić information content (AvgIpc) is 3.25. The van der Waals surface area contributed by atoms with Crippen LogP contribution in [0.1, 0.15) is 31.6 Å². The molecule has 0 aromatic carbocycles. The fourth-order valence-electron chi connectivity index (χ4n) is 3.09. The van der Waals surface area contributed by atoms with Crippen molar-refractivity contribution in [3.63, 3.8) is 0 Å². The first-order valence-corrected chi connectivity index (χ1v) is 9.01. The Kier molecular flexibility index (Phi) is 7.74. The van der Waals surface area contributed by atoms with E-state index >= 15 is 0 Å². The lowest BCUT2D eigenvalue weighted by Gasteiger charge is -2.26. The number of likely N-dealkylation sites (N-methyl/N-ethyl adjacent to an activating group) is 1. The normalized spacial score (nSPS) is 22.4. The van der Waals surface area contributed by atoms with Gasteiger partial charge in [-0.3, -0.25) is 9.89 Å². The highest BCUT2D eigenvalue weighted by molar-refractivity contribution is 5.79. The van der Waals surface area contributed by atoms with Crippen LogP contribution in [0.2, 0.25) is 0 Å². The predicted molar refractivity (Wildman–Crippen MR) is 98.7 cm³/mol. The summed E-state index contributed by atoms with van der Waals surface area (Å²) in [6.45, 7) is 5.78. The van der Waals surface area contributed by atoms with Crippen molar-refractivity contribution in [3.8, 4) is 0 Å². The van der Waals surface area contributed by atoms with Crippen LogP contribution in [-0.4, -0.2) is 69.5 Å². The van der Waals surface area contributed by atoms with E-state index in [9.17, 15) is 5.11 Å². The molecule has 3 N–H and O–H groups in total. The summed E-state index contributed by atoms with van der Waals surface area (Å²) < 4.78 is 11.1. The van der Waals surface area contributed by atoms with Crippen molar-refractivity contribution in [3.05, 3.63) is 24.2 Å². The summed E-state index contributed by atoms with van der Waals surface area (Å²) in [5, 5.41) is 16.1. The van der Waals surface area contributed by atoms with Crippen molar-refractivity contribution in [2.45, 2.75) is 25.8 Å². The van der Waals surface area contributed by atoms with E-state index in [1.807, 2.05) is 26.2 Å². The number of aliphatic hydroxyl groups excluding tert-OH is 1. The maximum absolute atomic E-state index is 9.35. The zero-order valence-electron chi connectivity index (χ0n) is 15.6. The minimum atomic E-state index is -0.0426. The van der Waals surface area contributed by atoms with Crippen molar-refractivity contribution in [1.29, 1.82) is 0 Å². The largest absolute Gasteiger partial charge is 0.468 e. The van der Waals surface area contributed by atoms with Gasteiger partial charge in [-0.15, -0.1) is 0 Å². The highest BCUT2D eigenvalue weighted by Crippen LogP contribution is 2.32. The molecular weight excluding hydrogens is 320 g/mol. The number of aliphatic imine (C=N–C) groups is 1. The number of nitrogens with zero attached hydrogens (tertiary/aromatic N) is 2. The number of guanidine groups is 1. The number of rotatable bonds is 9. The third kappa shape index (κ3) is 5.73. The maximum atomic E-state index is 9.35. The van der Waals surface area contributed by atoms with E-state index in [0.29, 0.717) is 19.7 Å². The van der Waals surface area contributed by atoms with E-state index in [2.05, 4.69) is 22.5 Å². The Balaban J connectivity index is 1.99. The first-order valence-electron chi connectivity index (χ1n) is 9.01. The monoisotopic (exact) mass is 352 g/mol. The number of ether oxygens (including phenoxy) is 1. The Morgan fingerprint density at radius 2 is 2.28 bits per heavy atom. The molecule has 2 atom stereocenters. The molecule has 0 radical (unpaired) electrons. The van der Waals surface area contributed by atoms with Gasteiger partial charge in [-0.25, -0.2) is 0 Å². The van der Waals surface area contributed by atoms with Gasteiger partial charge < -0.3 is 24.9 Å². The fourth-order valence-corrected chi connectivity index (χ4v) is 3.09. The third-order valence-electron chi connectivity index (χ3n) is 4.70. The number of hydrogen-bond donors (Lipinski definition) is 3. The summed E-state index contributed by atoms with van der Waals surface area (Å²) in [5.74, 6) is 1.71. The van der Waals surface area contributed by atoms with Gasteiger partial charge in [0.15, 0.2) is 5.96 Å². The molecule has 2 unspecified atom stereocenters. The van der Waals surface area contributed by atoms with Gasteiger partial charge in [0.2, 0.25) is 0 Å². The molecule has 0 amide bonds. The lowest BCUT2D eigenvalue weighted by Crippen LogP contribution is -2.42. The smallest absolute Gasteiger partial charge is 0.191 e. The molecule has 0 aliphatic carbocycles. The van der Waals surface area contributed by atoms with E-state index in [0.717, 1.165) is 37.7 Å². The van der Waals surface area contributed by atoms with Crippen molar-refractivity contribution in [2.24, 2.45) is 10.4 Å². The van der Waals surface area contributed by atoms with Crippen LogP contribution in [0.4, 0.5) is 0 Å². The van der Waals surface area contributed by atoms with E-state index in [-0.39, 0.29) is 18.1 Å². The Labute approximate surface area is 150 Å². The van der Waals surface area contributed by atoms with Gasteiger partial charge in [-0.2, -0.15) is 0 Å². The number of nitrogens with one attached hydrogen (secondary N) is 2. The minimum absolute atomic E-state index is 0.0426. The standard InChI is InChI=1S/C18H32N4O3/c1-4-19-17(21-13-18(7-9-23)8-11-24-14-18)20-12-15(22(2)3)16-6-5-10-25-16/h5-6,10,15,23H,4,7-9,11-14H2,1-3H3,(H2,19,20,21). The van der Waals surface area contributed by atoms with Crippen LogP contribution in [-0.2, 0) is 4.74 Å². The van der Waals surface area contributed by atoms with Gasteiger partial charge in [0.05, 0.1) is 25.5 Å². The Morgan fingerprint density at radius 3 is 2.84 bits per heavy atom. The molecule has 1 saturated heterocycles. The predicted octanol–water partition coefficient (Wildman–Crippen LogP) is 1.23. The highest BCUT2D eigenvalue weighted by Gasteiger charge is 2.34. The van der Waals surface area contributed by atoms with Crippen LogP contribution in [0.15, 0.2) is 27.8 Å². The van der Waals surface area contributed by atoms with E-state index < -0.39 is 0 Å². The molecule has 7 nitrogen and oxygen atoms in total. The quantitative estimate of drug-likeness (QED) is 0.458. The van der Waals surface area contributed by atoms with Crippen LogP contribution in [0.5, 0.6) is 0 Å². The van der Waals surface area contributed by atoms with Crippen LogP contribution in [0, 0.1) is 5.41 Å². The third-order valence-corrected chi connectivity index (χ3v) is 4.70. The summed E-state index contributed by atoms with van der Waals surface area (Å²) in [5.41, 5.74) is -0.0426. The molecule has 1 aromatic rings. The minimum Gasteiger partial charge on any atom is -0.468 e. The molecule has 1 aromatic heterocycles. The number of aliphatic hydroxyl groups is 1. The fraction of sp³-hybridized carbons (Fsp3) is 0.722. The molecule has 1 fully saturated rings. The van der Waals surface area contributed by atoms with Gasteiger partial charge in [0.1, 0.15) is 5.76 Å². The highest BCUT2D eigenvalue weighted by atomic mass is 16.5. The molecule has 25 heavy (non-hydrogen) atoms. The van der Waals surface area contributed by atoms with Gasteiger partial charge in [0.25, 0.3) is 0 Å². The maximum Gasteiger partial charge on any atom is 0.191 e. The second kappa shape index (κ2) is 9.79. The zero-order valence-corrected chi connectivity index (χ0v) is 15.6. The lowest BCUT2D eigenvalue weighted by atomic mass is 9.84. The molecule has 0 bridgehead atoms. The molecule has 1 aliphatic rings. The first-order chi connectivity index (χ1) is 12.1. The second-order valence-electron chi connectivity index (χ2n) is 6.85. The molecular formula is C18H32N4O3. The second-order valence-corrected chi connectivity index (χ2v) is 6.85. The van der Waals surface area contributed by atoms with Gasteiger partial charge in [-0.05, 0) is 46.0 Å². The summed E-state index contributed by atoms with van der Waals surface area (Å²) in [6.07, 6.45) is 3.37. The lowest BCUT2D eigenvalue weighted by molar-refractivity contribution is 0.131. The molecule has 0 spiro atoms. The van der Waals surface area contributed by atoms with Crippen LogP contribution >= 0.6 is 0 Å². The van der Waals surface area contributed by atoms with E-state index in [4.69, 9.17) is 14.1 Å². The first kappa shape index (κ1) is 19.8. The average molecular weight is 352 g/mol. The molecule has 0 saturated carbocycles. The number of furan rings is 1. The van der Waals surface area contributed by atoms with Crippen LogP contribution < -0.4 is 10.6 Å². The Morgan fingerprint density at radius 1 is 1.44 bits per heavy atom. The van der Waals surface area contributed by atoms with Gasteiger partial charge in [-0.1, -0.05) is 0 Å². The van der Waals surface area contributed by atoms with Gasteiger partial charge >= 0.3 is 0 Å². The molecule has 2 rings (SSSR count). The van der Waals surface area contributed by atoms with Crippen molar-refractivity contribution >= 4 is 5.96 Å². The SMILES string of the molecule is CCNC(=NCC1(CCO)CCOC1)NCC(c1ccco1)N(C)C. The summed E-state index contributed by atoms with van der Waals surface area (Å²) in [6, 6.07) is 4.02. The number of hydrogen-bond acceptors (Lipinski definition) is 5. The topological polar surface area (TPSA) is 82.3 Å². The van der Waals surface area contributed by atoms with Crippen molar-refractivity contribution in [2.75, 3.05) is 53.6 Å². The van der Waals surface area contributed by atoms with Crippen molar-refractivity contribution in [1.82, 2.24) is 15.5 Å². The van der Waals surface area contributed by atoms with E-state index in [1.165, 1.54) is 0 Å². The summed E-state index contributed by atoms with van der Waals surface area (Å²) in [4.78, 5) is 6.87. The van der Waals surface area contributed by atoms with Crippen molar-refractivity contribution < 1.29 is 14.3 Å². The Bertz CT molecular complexity index is 510. The summed E-state index contributed by atoms with van der Waals surface area (Å²) in [7, 11) is 4.07. The zero-order chi connectivity index (χ0) is 18.1. The Hall–Kier alpha value is -1.57. The van der Waals surface area contributed by atoms with Crippen LogP contribution in [0.3, 0.4) is 0 Å². The molecule has 7 heteroatoms. The molecule has 1 aliphatic heterocycles. The summed E-state index contributed by atoms with van der Waals surface area (Å²) >= 11 is 0. The van der Waals surface area contributed by atoms with Crippen LogP contribution in [0.25, 0.3) is 0 Å². The molecule has 2 heterocycles. The molecule has 142 valence electrons. The van der Waals surface area contributed by atoms with E-state index in [1.54, 1.807) is 6.26 Å². The van der Waals surface area contributed by atoms with Gasteiger partial charge in [0, 0.05) is 31.7 Å².